The third-order valence-corrected chi connectivity index (χ3v) is 7.21. The summed E-state index contributed by atoms with van der Waals surface area (Å²) >= 11 is 0. The molecular formula is C16H36N2O3Si. The van der Waals surface area contributed by atoms with Crippen molar-refractivity contribution in [1.29, 1.82) is 0 Å². The molecule has 1 fully saturated rings. The van der Waals surface area contributed by atoms with Gasteiger partial charge >= 0.3 is 8.80 Å². The lowest BCUT2D eigenvalue weighted by Crippen LogP contribution is -2.48. The van der Waals surface area contributed by atoms with Crippen LogP contribution < -0.4 is 0 Å². The van der Waals surface area contributed by atoms with E-state index >= 15 is 0 Å². The van der Waals surface area contributed by atoms with Gasteiger partial charge in [-0.3, -0.25) is 0 Å². The van der Waals surface area contributed by atoms with Gasteiger partial charge in [-0.25, -0.2) is 0 Å². The van der Waals surface area contributed by atoms with Gasteiger partial charge < -0.3 is 23.1 Å². The van der Waals surface area contributed by atoms with Gasteiger partial charge in [0.05, 0.1) is 0 Å². The summed E-state index contributed by atoms with van der Waals surface area (Å²) in [5, 5.41) is 0. The van der Waals surface area contributed by atoms with Crippen molar-refractivity contribution < 1.29 is 13.3 Å². The van der Waals surface area contributed by atoms with Crippen LogP contribution in [0.1, 0.15) is 40.5 Å². The number of rotatable bonds is 12. The van der Waals surface area contributed by atoms with E-state index in [1.807, 2.05) is 20.8 Å². The summed E-state index contributed by atoms with van der Waals surface area (Å²) in [6.07, 6.45) is 2.35. The van der Waals surface area contributed by atoms with Gasteiger partial charge in [-0.2, -0.15) is 0 Å². The summed E-state index contributed by atoms with van der Waals surface area (Å²) in [6.45, 7) is 17.5. The molecule has 1 rings (SSSR count). The number of nitrogens with zero attached hydrogens (tertiary/aromatic N) is 2. The van der Waals surface area contributed by atoms with Crippen molar-refractivity contribution >= 4 is 8.80 Å². The van der Waals surface area contributed by atoms with Gasteiger partial charge in [-0.1, -0.05) is 6.92 Å². The lowest BCUT2D eigenvalue weighted by atomic mass is 10.3. The molecule has 0 atom stereocenters. The first kappa shape index (κ1) is 20.1. The standard InChI is InChI=1S/C16H36N2O3Si/c1-5-10-17-12-14-18(15-13-17)11-9-16-22(19-6-2,20-7-3)21-8-4/h5-16H2,1-4H3. The first-order chi connectivity index (χ1) is 10.7. The quantitative estimate of drug-likeness (QED) is 0.513. The zero-order valence-corrected chi connectivity index (χ0v) is 16.1. The van der Waals surface area contributed by atoms with Crippen LogP contribution in [0.3, 0.4) is 0 Å². The Labute approximate surface area is 138 Å². The molecule has 0 aromatic heterocycles. The Kier molecular flexibility index (Phi) is 10.5. The molecule has 0 aromatic carbocycles. The molecule has 0 N–H and O–H groups in total. The van der Waals surface area contributed by atoms with E-state index in [0.717, 1.165) is 19.0 Å². The third-order valence-electron chi connectivity index (χ3n) is 4.05. The molecule has 0 aromatic rings. The van der Waals surface area contributed by atoms with E-state index < -0.39 is 8.80 Å². The number of hydrogen-bond donors (Lipinski definition) is 0. The lowest BCUT2D eigenvalue weighted by Gasteiger charge is -2.35. The van der Waals surface area contributed by atoms with Crippen LogP contribution in [0.2, 0.25) is 6.04 Å². The number of piperazine rings is 1. The molecule has 1 saturated heterocycles. The van der Waals surface area contributed by atoms with E-state index in [0.29, 0.717) is 19.8 Å². The monoisotopic (exact) mass is 332 g/mol. The molecule has 132 valence electrons. The van der Waals surface area contributed by atoms with Crippen LogP contribution in [0.15, 0.2) is 0 Å². The minimum atomic E-state index is -2.44. The summed E-state index contributed by atoms with van der Waals surface area (Å²) in [5.41, 5.74) is 0. The van der Waals surface area contributed by atoms with Gasteiger partial charge in [0.15, 0.2) is 0 Å². The van der Waals surface area contributed by atoms with Crippen molar-refractivity contribution in [2.75, 3.05) is 59.1 Å². The largest absolute Gasteiger partial charge is 0.500 e. The minimum absolute atomic E-state index is 0.669. The molecule has 22 heavy (non-hydrogen) atoms. The smallest absolute Gasteiger partial charge is 0.374 e. The van der Waals surface area contributed by atoms with E-state index in [1.165, 1.54) is 39.1 Å². The minimum Gasteiger partial charge on any atom is -0.374 e. The fraction of sp³-hybridized carbons (Fsp3) is 1.00. The molecule has 0 unspecified atom stereocenters. The predicted octanol–water partition coefficient (Wildman–Crippen LogP) is 2.45. The van der Waals surface area contributed by atoms with Crippen molar-refractivity contribution in [2.45, 2.75) is 46.6 Å². The van der Waals surface area contributed by atoms with Crippen LogP contribution in [0.5, 0.6) is 0 Å². The maximum Gasteiger partial charge on any atom is 0.500 e. The summed E-state index contributed by atoms with van der Waals surface area (Å²) in [7, 11) is -2.44. The summed E-state index contributed by atoms with van der Waals surface area (Å²) in [4.78, 5) is 5.13. The van der Waals surface area contributed by atoms with Crippen LogP contribution in [0.25, 0.3) is 0 Å². The van der Waals surface area contributed by atoms with E-state index in [4.69, 9.17) is 13.3 Å². The molecule has 5 nitrogen and oxygen atoms in total. The van der Waals surface area contributed by atoms with E-state index in [2.05, 4.69) is 16.7 Å². The lowest BCUT2D eigenvalue weighted by molar-refractivity contribution is 0.0687. The zero-order chi connectivity index (χ0) is 16.3. The van der Waals surface area contributed by atoms with Crippen LogP contribution in [-0.4, -0.2) is 77.7 Å². The Bertz CT molecular complexity index is 257. The molecular weight excluding hydrogens is 296 g/mol. The van der Waals surface area contributed by atoms with E-state index in [9.17, 15) is 0 Å². The van der Waals surface area contributed by atoms with Gasteiger partial charge in [-0.05, 0) is 46.7 Å². The van der Waals surface area contributed by atoms with Gasteiger partial charge in [0.2, 0.25) is 0 Å². The third kappa shape index (κ3) is 7.06. The van der Waals surface area contributed by atoms with Crippen LogP contribution in [0, 0.1) is 0 Å². The Morgan fingerprint density at radius 2 is 1.18 bits per heavy atom. The molecule has 0 radical (unpaired) electrons. The maximum absolute atomic E-state index is 5.92. The highest BCUT2D eigenvalue weighted by Crippen LogP contribution is 2.18. The topological polar surface area (TPSA) is 34.2 Å². The van der Waals surface area contributed by atoms with Gasteiger partial charge in [0.25, 0.3) is 0 Å². The summed E-state index contributed by atoms with van der Waals surface area (Å²) in [5.74, 6) is 0. The van der Waals surface area contributed by atoms with Crippen molar-refractivity contribution in [3.8, 4) is 0 Å². The second-order valence-corrected chi connectivity index (χ2v) is 8.50. The van der Waals surface area contributed by atoms with Crippen molar-refractivity contribution in [2.24, 2.45) is 0 Å². The SMILES string of the molecule is CCCN1CCN(CCC[Si](OCC)(OCC)OCC)CC1. The zero-order valence-electron chi connectivity index (χ0n) is 15.1. The fourth-order valence-corrected chi connectivity index (χ4v) is 5.67. The first-order valence-electron chi connectivity index (χ1n) is 9.06. The fourth-order valence-electron chi connectivity index (χ4n) is 3.07. The molecule has 0 bridgehead atoms. The molecule has 0 aliphatic carbocycles. The van der Waals surface area contributed by atoms with Crippen molar-refractivity contribution in [3.63, 3.8) is 0 Å². The molecule has 0 spiro atoms. The second-order valence-electron chi connectivity index (χ2n) is 5.77. The summed E-state index contributed by atoms with van der Waals surface area (Å²) < 4.78 is 17.7. The molecule has 0 saturated carbocycles. The first-order valence-corrected chi connectivity index (χ1v) is 11.0. The Morgan fingerprint density at radius 3 is 1.59 bits per heavy atom. The maximum atomic E-state index is 5.92. The molecule has 0 amide bonds. The molecule has 1 aliphatic rings. The normalized spacial score (nSPS) is 18.0. The number of hydrogen-bond acceptors (Lipinski definition) is 5. The molecule has 1 heterocycles. The van der Waals surface area contributed by atoms with Gasteiger partial charge in [-0.15, -0.1) is 0 Å². The van der Waals surface area contributed by atoms with Crippen LogP contribution >= 0.6 is 0 Å². The van der Waals surface area contributed by atoms with E-state index in [1.54, 1.807) is 0 Å². The Morgan fingerprint density at radius 1 is 0.727 bits per heavy atom. The average molecular weight is 333 g/mol. The summed E-state index contributed by atoms with van der Waals surface area (Å²) in [6, 6.07) is 0.928. The molecule has 6 heteroatoms. The second kappa shape index (κ2) is 11.5. The van der Waals surface area contributed by atoms with Gasteiger partial charge in [0, 0.05) is 52.0 Å². The van der Waals surface area contributed by atoms with E-state index in [-0.39, 0.29) is 0 Å². The highest BCUT2D eigenvalue weighted by Gasteiger charge is 2.39. The average Bonchev–Trinajstić information content (AvgIpc) is 2.50. The predicted molar refractivity (Wildman–Crippen MR) is 93.2 cm³/mol. The van der Waals surface area contributed by atoms with Crippen molar-refractivity contribution in [1.82, 2.24) is 9.80 Å². The van der Waals surface area contributed by atoms with Gasteiger partial charge in [0.1, 0.15) is 0 Å². The van der Waals surface area contributed by atoms with Crippen molar-refractivity contribution in [3.05, 3.63) is 0 Å². The molecule has 1 aliphatic heterocycles. The van der Waals surface area contributed by atoms with Crippen LogP contribution in [0.4, 0.5) is 0 Å². The Balaban J connectivity index is 2.33. The Hall–Kier alpha value is 0.0169. The highest BCUT2D eigenvalue weighted by atomic mass is 28.4. The highest BCUT2D eigenvalue weighted by molar-refractivity contribution is 6.60. The van der Waals surface area contributed by atoms with Crippen LogP contribution in [-0.2, 0) is 13.3 Å².